The first-order chi connectivity index (χ1) is 20.2. The molecule has 2 aromatic carbocycles. The van der Waals surface area contributed by atoms with E-state index in [1.165, 1.54) is 0 Å². The van der Waals surface area contributed by atoms with Crippen LogP contribution in [0.25, 0.3) is 0 Å². The molecule has 2 heterocycles. The predicted octanol–water partition coefficient (Wildman–Crippen LogP) is 2.67. The van der Waals surface area contributed by atoms with Crippen molar-refractivity contribution in [2.24, 2.45) is 5.92 Å². The Bertz CT molecular complexity index is 1180. The number of nitrogens with one attached hydrogen (secondary N) is 3. The SMILES string of the molecule is CN[C@@H](C)C(=O)N[C@H]1CN(C(=O)CC(C)C)CC[C@H]2CC[C@@H](C(=O)NCC(c3ccccc3)c3ccccc3)N2C1=O. The summed E-state index contributed by atoms with van der Waals surface area (Å²) in [5, 5.41) is 8.92. The summed E-state index contributed by atoms with van der Waals surface area (Å²) >= 11 is 0. The molecule has 4 rings (SSSR count). The molecule has 9 heteroatoms. The molecule has 0 spiro atoms. The quantitative estimate of drug-likeness (QED) is 0.404. The topological polar surface area (TPSA) is 111 Å². The third kappa shape index (κ3) is 7.56. The third-order valence-electron chi connectivity index (χ3n) is 8.46. The first-order valence-electron chi connectivity index (χ1n) is 15.1. The predicted molar refractivity (Wildman–Crippen MR) is 162 cm³/mol. The first-order valence-corrected chi connectivity index (χ1v) is 15.1. The van der Waals surface area contributed by atoms with Crippen LogP contribution in [0.3, 0.4) is 0 Å². The molecular weight excluding hydrogens is 530 g/mol. The number of hydrogen-bond donors (Lipinski definition) is 3. The second-order valence-corrected chi connectivity index (χ2v) is 11.9. The van der Waals surface area contributed by atoms with E-state index in [2.05, 4.69) is 40.2 Å². The number of rotatable bonds is 10. The molecule has 0 aliphatic carbocycles. The summed E-state index contributed by atoms with van der Waals surface area (Å²) in [6.45, 7) is 6.66. The van der Waals surface area contributed by atoms with Crippen molar-refractivity contribution in [1.29, 1.82) is 0 Å². The summed E-state index contributed by atoms with van der Waals surface area (Å²) in [5.74, 6) is -0.691. The summed E-state index contributed by atoms with van der Waals surface area (Å²) < 4.78 is 0. The van der Waals surface area contributed by atoms with Crippen LogP contribution >= 0.6 is 0 Å². The van der Waals surface area contributed by atoms with Crippen molar-refractivity contribution < 1.29 is 19.2 Å². The summed E-state index contributed by atoms with van der Waals surface area (Å²) in [5.41, 5.74) is 2.20. The van der Waals surface area contributed by atoms with Gasteiger partial charge >= 0.3 is 0 Å². The zero-order chi connectivity index (χ0) is 30.2. The van der Waals surface area contributed by atoms with E-state index in [1.54, 1.807) is 23.8 Å². The van der Waals surface area contributed by atoms with Gasteiger partial charge in [-0.15, -0.1) is 0 Å². The van der Waals surface area contributed by atoms with Gasteiger partial charge < -0.3 is 25.8 Å². The highest BCUT2D eigenvalue weighted by Gasteiger charge is 2.45. The number of carbonyl (C=O) groups is 4. The van der Waals surface area contributed by atoms with Crippen LogP contribution in [0, 0.1) is 5.92 Å². The molecule has 42 heavy (non-hydrogen) atoms. The summed E-state index contributed by atoms with van der Waals surface area (Å²) in [6.07, 6.45) is 2.19. The smallest absolute Gasteiger partial charge is 0.247 e. The van der Waals surface area contributed by atoms with Crippen LogP contribution in [0.1, 0.15) is 63.5 Å². The van der Waals surface area contributed by atoms with Crippen LogP contribution in [-0.2, 0) is 19.2 Å². The molecule has 2 aromatic rings. The van der Waals surface area contributed by atoms with Crippen molar-refractivity contribution in [2.45, 2.75) is 76.5 Å². The van der Waals surface area contributed by atoms with Gasteiger partial charge in [0, 0.05) is 38.0 Å². The second kappa shape index (κ2) is 14.4. The summed E-state index contributed by atoms with van der Waals surface area (Å²) in [6, 6.07) is 17.9. The monoisotopic (exact) mass is 575 g/mol. The molecule has 2 aliphatic heterocycles. The minimum absolute atomic E-state index is 0.0210. The van der Waals surface area contributed by atoms with Gasteiger partial charge in [0.25, 0.3) is 0 Å². The largest absolute Gasteiger partial charge is 0.353 e. The van der Waals surface area contributed by atoms with Gasteiger partial charge in [-0.2, -0.15) is 0 Å². The van der Waals surface area contributed by atoms with Crippen LogP contribution in [0.4, 0.5) is 0 Å². The minimum Gasteiger partial charge on any atom is -0.353 e. The molecule has 4 amide bonds. The molecule has 3 N–H and O–H groups in total. The number of nitrogens with zero attached hydrogens (tertiary/aromatic N) is 2. The van der Waals surface area contributed by atoms with Gasteiger partial charge in [0.05, 0.1) is 6.04 Å². The van der Waals surface area contributed by atoms with E-state index >= 15 is 0 Å². The highest BCUT2D eigenvalue weighted by atomic mass is 16.2. The molecule has 2 saturated heterocycles. The standard InChI is InChI=1S/C33H45N5O4/c1-22(2)19-30(39)37-18-17-26-15-16-29(38(26)33(42)28(21-37)36-31(40)23(3)34-4)32(41)35-20-27(24-11-7-5-8-12-24)25-13-9-6-10-14-25/h5-14,22-23,26-29,34H,15-21H2,1-4H3,(H,35,41)(H,36,40)/t23-,26+,28-,29-/m0/s1. The van der Waals surface area contributed by atoms with Crippen LogP contribution in [0.15, 0.2) is 60.7 Å². The third-order valence-corrected chi connectivity index (χ3v) is 8.46. The van der Waals surface area contributed by atoms with Crippen molar-refractivity contribution in [1.82, 2.24) is 25.8 Å². The molecule has 2 aliphatic rings. The fourth-order valence-electron chi connectivity index (χ4n) is 5.99. The second-order valence-electron chi connectivity index (χ2n) is 11.9. The zero-order valence-electron chi connectivity index (χ0n) is 25.2. The Hall–Kier alpha value is -3.72. The van der Waals surface area contributed by atoms with Gasteiger partial charge in [-0.25, -0.2) is 0 Å². The van der Waals surface area contributed by atoms with E-state index in [0.717, 1.165) is 11.1 Å². The van der Waals surface area contributed by atoms with E-state index in [-0.39, 0.29) is 48.1 Å². The molecule has 0 unspecified atom stereocenters. The van der Waals surface area contributed by atoms with E-state index in [4.69, 9.17) is 0 Å². The number of hydrogen-bond acceptors (Lipinski definition) is 5. The Kier molecular flexibility index (Phi) is 10.7. The Morgan fingerprint density at radius 1 is 0.905 bits per heavy atom. The van der Waals surface area contributed by atoms with Crippen molar-refractivity contribution in [3.05, 3.63) is 71.8 Å². The lowest BCUT2D eigenvalue weighted by molar-refractivity contribution is -0.147. The van der Waals surface area contributed by atoms with Gasteiger partial charge in [-0.05, 0) is 50.3 Å². The zero-order valence-corrected chi connectivity index (χ0v) is 25.2. The Balaban J connectivity index is 1.53. The van der Waals surface area contributed by atoms with Gasteiger partial charge in [0.15, 0.2) is 0 Å². The van der Waals surface area contributed by atoms with E-state index < -0.39 is 18.1 Å². The molecule has 0 radical (unpaired) electrons. The molecule has 0 aromatic heterocycles. The van der Waals surface area contributed by atoms with Crippen LogP contribution < -0.4 is 16.0 Å². The van der Waals surface area contributed by atoms with Gasteiger partial charge in [-0.1, -0.05) is 74.5 Å². The minimum atomic E-state index is -0.929. The Labute approximate surface area is 249 Å². The maximum Gasteiger partial charge on any atom is 0.247 e. The lowest BCUT2D eigenvalue weighted by Gasteiger charge is -2.39. The van der Waals surface area contributed by atoms with E-state index in [1.807, 2.05) is 50.2 Å². The normalized spacial score (nSPS) is 21.5. The maximum absolute atomic E-state index is 14.1. The van der Waals surface area contributed by atoms with Gasteiger partial charge in [0.1, 0.15) is 12.1 Å². The van der Waals surface area contributed by atoms with Gasteiger partial charge in [0.2, 0.25) is 23.6 Å². The molecule has 9 nitrogen and oxygen atoms in total. The Morgan fingerprint density at radius 2 is 1.52 bits per heavy atom. The number of fused-ring (bicyclic) bond motifs is 1. The average molecular weight is 576 g/mol. The number of benzene rings is 2. The van der Waals surface area contributed by atoms with Crippen molar-refractivity contribution in [2.75, 3.05) is 26.7 Å². The van der Waals surface area contributed by atoms with Crippen LogP contribution in [-0.4, -0.2) is 84.3 Å². The van der Waals surface area contributed by atoms with Crippen molar-refractivity contribution in [3.8, 4) is 0 Å². The number of likely N-dealkylation sites (N-methyl/N-ethyl adjacent to an activating group) is 1. The molecular formula is C33H45N5O4. The van der Waals surface area contributed by atoms with E-state index in [0.29, 0.717) is 38.8 Å². The van der Waals surface area contributed by atoms with Gasteiger partial charge in [-0.3, -0.25) is 19.2 Å². The fourth-order valence-corrected chi connectivity index (χ4v) is 5.99. The van der Waals surface area contributed by atoms with Crippen molar-refractivity contribution in [3.63, 3.8) is 0 Å². The highest BCUT2D eigenvalue weighted by Crippen LogP contribution is 2.30. The van der Waals surface area contributed by atoms with Crippen molar-refractivity contribution >= 4 is 23.6 Å². The Morgan fingerprint density at radius 3 is 2.10 bits per heavy atom. The maximum atomic E-state index is 14.1. The molecule has 0 saturated carbocycles. The molecule has 0 bridgehead atoms. The average Bonchev–Trinajstić information content (AvgIpc) is 3.41. The first kappa shape index (κ1) is 31.2. The molecule has 2 fully saturated rings. The number of amides is 4. The fraction of sp³-hybridized carbons (Fsp3) is 0.515. The highest BCUT2D eigenvalue weighted by molar-refractivity contribution is 5.94. The lowest BCUT2D eigenvalue weighted by atomic mass is 9.91. The lowest BCUT2D eigenvalue weighted by Crippen LogP contribution is -2.62. The molecule has 4 atom stereocenters. The number of carbonyl (C=O) groups excluding carboxylic acids is 4. The van der Waals surface area contributed by atoms with Crippen LogP contribution in [0.2, 0.25) is 0 Å². The summed E-state index contributed by atoms with van der Waals surface area (Å²) in [4.78, 5) is 57.1. The van der Waals surface area contributed by atoms with Crippen LogP contribution in [0.5, 0.6) is 0 Å². The molecule has 226 valence electrons. The van der Waals surface area contributed by atoms with E-state index in [9.17, 15) is 19.2 Å². The summed E-state index contributed by atoms with van der Waals surface area (Å²) in [7, 11) is 1.68.